The summed E-state index contributed by atoms with van der Waals surface area (Å²) in [5, 5.41) is 3.11. The van der Waals surface area contributed by atoms with Gasteiger partial charge in [-0.1, -0.05) is 12.1 Å². The number of rotatable bonds is 5. The number of nitrogens with one attached hydrogen (secondary N) is 1. The van der Waals surface area contributed by atoms with E-state index in [-0.39, 0.29) is 0 Å². The summed E-state index contributed by atoms with van der Waals surface area (Å²) >= 11 is 4.38. The third kappa shape index (κ3) is 3.09. The van der Waals surface area contributed by atoms with Crippen molar-refractivity contribution >= 4 is 18.3 Å². The number of hydrogen-bond acceptors (Lipinski definition) is 3. The van der Waals surface area contributed by atoms with Crippen LogP contribution in [0.4, 0.5) is 5.69 Å². The topological polar surface area (TPSA) is 21.3 Å². The van der Waals surface area contributed by atoms with Crippen molar-refractivity contribution in [2.75, 3.05) is 19.2 Å². The average Bonchev–Trinajstić information content (AvgIpc) is 2.17. The highest BCUT2D eigenvalue weighted by atomic mass is 32.1. The molecule has 0 aromatic heterocycles. The molecule has 0 aliphatic heterocycles. The van der Waals surface area contributed by atoms with E-state index in [2.05, 4.69) is 30.6 Å². The maximum Gasteiger partial charge on any atom is 0.116 e. The fourth-order valence-electron chi connectivity index (χ4n) is 1.17. The Morgan fingerprint density at radius 1 is 1.57 bits per heavy atom. The first-order valence-corrected chi connectivity index (χ1v) is 4.88. The van der Waals surface area contributed by atoms with E-state index in [1.807, 2.05) is 18.2 Å². The molecule has 1 rings (SSSR count). The predicted molar refractivity (Wildman–Crippen MR) is 63.1 cm³/mol. The quantitative estimate of drug-likeness (QED) is 0.442. The molecule has 14 heavy (non-hydrogen) atoms. The minimum absolute atomic E-state index is 0.494. The molecule has 0 saturated carbocycles. The summed E-state index contributed by atoms with van der Waals surface area (Å²) in [5.41, 5.74) is 2.20. The molecule has 76 valence electrons. The zero-order chi connectivity index (χ0) is 10.4. The molecule has 0 saturated heterocycles. The van der Waals surface area contributed by atoms with Gasteiger partial charge in [0.2, 0.25) is 0 Å². The van der Waals surface area contributed by atoms with Crippen LogP contribution in [0.25, 0.3) is 0 Å². The summed E-state index contributed by atoms with van der Waals surface area (Å²) in [6.45, 7) is 4.19. The van der Waals surface area contributed by atoms with E-state index in [4.69, 9.17) is 4.74 Å². The van der Waals surface area contributed by atoms with E-state index in [0.29, 0.717) is 6.73 Å². The maximum atomic E-state index is 4.92. The summed E-state index contributed by atoms with van der Waals surface area (Å²) in [7, 11) is 1.65. The molecule has 0 heterocycles. The van der Waals surface area contributed by atoms with Gasteiger partial charge >= 0.3 is 0 Å². The lowest BCUT2D eigenvalue weighted by Gasteiger charge is -2.08. The van der Waals surface area contributed by atoms with Crippen molar-refractivity contribution in [3.63, 3.8) is 0 Å². The Bertz CT molecular complexity index is 312. The first-order chi connectivity index (χ1) is 6.77. The van der Waals surface area contributed by atoms with Crippen molar-refractivity contribution in [1.29, 1.82) is 0 Å². The second-order valence-electron chi connectivity index (χ2n) is 2.95. The van der Waals surface area contributed by atoms with Crippen LogP contribution in [0.5, 0.6) is 0 Å². The predicted octanol–water partition coefficient (Wildman–Crippen LogP) is 2.72. The molecule has 1 N–H and O–H groups in total. The highest BCUT2D eigenvalue weighted by Gasteiger charge is 1.98. The Morgan fingerprint density at radius 2 is 2.36 bits per heavy atom. The lowest BCUT2D eigenvalue weighted by Crippen LogP contribution is -2.03. The maximum absolute atomic E-state index is 4.92. The second-order valence-corrected chi connectivity index (χ2v) is 3.44. The van der Waals surface area contributed by atoms with Gasteiger partial charge in [-0.2, -0.15) is 0 Å². The monoisotopic (exact) mass is 209 g/mol. The highest BCUT2D eigenvalue weighted by Crippen LogP contribution is 2.21. The SMILES string of the molecule is C=CCc1ccc(NCOC)c(S)c1. The van der Waals surface area contributed by atoms with Crippen LogP contribution in [0.3, 0.4) is 0 Å². The molecule has 3 heteroatoms. The van der Waals surface area contributed by atoms with E-state index >= 15 is 0 Å². The average molecular weight is 209 g/mol. The van der Waals surface area contributed by atoms with Gasteiger partial charge in [0.1, 0.15) is 6.73 Å². The zero-order valence-electron chi connectivity index (χ0n) is 8.29. The standard InChI is InChI=1S/C11H15NOS/c1-3-4-9-5-6-10(11(14)7-9)12-8-13-2/h3,5-7,12,14H,1,4,8H2,2H3. The Kier molecular flexibility index (Phi) is 4.56. The second kappa shape index (κ2) is 5.73. The van der Waals surface area contributed by atoms with Crippen LogP contribution in [0.15, 0.2) is 35.7 Å². The van der Waals surface area contributed by atoms with Gasteiger partial charge in [0.25, 0.3) is 0 Å². The van der Waals surface area contributed by atoms with Gasteiger partial charge in [-0.05, 0) is 24.1 Å². The summed E-state index contributed by atoms with van der Waals surface area (Å²) in [5.74, 6) is 0. The molecule has 0 aliphatic rings. The Labute approximate surface area is 90.4 Å². The van der Waals surface area contributed by atoms with Crippen LogP contribution in [0.2, 0.25) is 0 Å². The fraction of sp³-hybridized carbons (Fsp3) is 0.273. The van der Waals surface area contributed by atoms with Gasteiger partial charge in [0.15, 0.2) is 0 Å². The molecule has 0 bridgehead atoms. The van der Waals surface area contributed by atoms with E-state index in [0.717, 1.165) is 17.0 Å². The van der Waals surface area contributed by atoms with Crippen LogP contribution in [0, 0.1) is 0 Å². The van der Waals surface area contributed by atoms with Crippen LogP contribution in [-0.2, 0) is 11.2 Å². The first-order valence-electron chi connectivity index (χ1n) is 4.43. The van der Waals surface area contributed by atoms with Crippen molar-refractivity contribution < 1.29 is 4.74 Å². The minimum atomic E-state index is 0.494. The van der Waals surface area contributed by atoms with E-state index in [9.17, 15) is 0 Å². The van der Waals surface area contributed by atoms with Crippen LogP contribution in [-0.4, -0.2) is 13.8 Å². The van der Waals surface area contributed by atoms with E-state index in [1.165, 1.54) is 5.56 Å². The molecular formula is C11H15NOS. The van der Waals surface area contributed by atoms with Crippen molar-refractivity contribution in [3.05, 3.63) is 36.4 Å². The number of hydrogen-bond donors (Lipinski definition) is 2. The molecule has 0 atom stereocenters. The first kappa shape index (κ1) is 11.1. The molecule has 2 nitrogen and oxygen atoms in total. The van der Waals surface area contributed by atoms with Crippen LogP contribution >= 0.6 is 12.6 Å². The molecule has 1 aromatic carbocycles. The van der Waals surface area contributed by atoms with Crippen molar-refractivity contribution in [2.24, 2.45) is 0 Å². The van der Waals surface area contributed by atoms with E-state index < -0.39 is 0 Å². The third-order valence-corrected chi connectivity index (χ3v) is 2.22. The smallest absolute Gasteiger partial charge is 0.116 e. The highest BCUT2D eigenvalue weighted by molar-refractivity contribution is 7.80. The van der Waals surface area contributed by atoms with Crippen molar-refractivity contribution in [3.8, 4) is 0 Å². The van der Waals surface area contributed by atoms with E-state index in [1.54, 1.807) is 7.11 Å². The minimum Gasteiger partial charge on any atom is -0.365 e. The number of ether oxygens (including phenoxy) is 1. The van der Waals surface area contributed by atoms with Crippen molar-refractivity contribution in [1.82, 2.24) is 0 Å². The largest absolute Gasteiger partial charge is 0.365 e. The molecule has 0 fully saturated rings. The molecule has 0 radical (unpaired) electrons. The molecular weight excluding hydrogens is 194 g/mol. The zero-order valence-corrected chi connectivity index (χ0v) is 9.18. The molecule has 0 spiro atoms. The summed E-state index contributed by atoms with van der Waals surface area (Å²) in [6.07, 6.45) is 2.75. The fourth-order valence-corrected chi connectivity index (χ4v) is 1.49. The Balaban J connectivity index is 2.73. The summed E-state index contributed by atoms with van der Waals surface area (Å²) in [6, 6.07) is 6.09. The third-order valence-electron chi connectivity index (χ3n) is 1.85. The Morgan fingerprint density at radius 3 is 2.93 bits per heavy atom. The van der Waals surface area contributed by atoms with Gasteiger partial charge in [-0.25, -0.2) is 0 Å². The molecule has 0 aliphatic carbocycles. The number of methoxy groups -OCH3 is 1. The summed E-state index contributed by atoms with van der Waals surface area (Å²) < 4.78 is 4.92. The van der Waals surface area contributed by atoms with Gasteiger partial charge < -0.3 is 10.1 Å². The molecule has 0 unspecified atom stereocenters. The summed E-state index contributed by atoms with van der Waals surface area (Å²) in [4.78, 5) is 0.932. The van der Waals surface area contributed by atoms with Gasteiger partial charge in [-0.15, -0.1) is 19.2 Å². The number of thiol groups is 1. The lowest BCUT2D eigenvalue weighted by molar-refractivity contribution is 0.221. The number of benzene rings is 1. The molecule has 1 aromatic rings. The Hall–Kier alpha value is -0.930. The lowest BCUT2D eigenvalue weighted by atomic mass is 10.1. The van der Waals surface area contributed by atoms with Gasteiger partial charge in [-0.3, -0.25) is 0 Å². The van der Waals surface area contributed by atoms with Gasteiger partial charge in [0, 0.05) is 17.7 Å². The van der Waals surface area contributed by atoms with Crippen molar-refractivity contribution in [2.45, 2.75) is 11.3 Å². The van der Waals surface area contributed by atoms with Crippen LogP contribution in [0.1, 0.15) is 5.56 Å². The molecule has 0 amide bonds. The van der Waals surface area contributed by atoms with Crippen LogP contribution < -0.4 is 5.32 Å². The number of anilines is 1. The number of allylic oxidation sites excluding steroid dienone is 1. The normalized spacial score (nSPS) is 9.86. The van der Waals surface area contributed by atoms with Gasteiger partial charge in [0.05, 0.1) is 0 Å².